The van der Waals surface area contributed by atoms with Gasteiger partial charge in [-0.05, 0) is 25.2 Å². The van der Waals surface area contributed by atoms with Gasteiger partial charge in [0.15, 0.2) is 0 Å². The van der Waals surface area contributed by atoms with Crippen molar-refractivity contribution in [2.45, 2.75) is 57.1 Å². The van der Waals surface area contributed by atoms with Gasteiger partial charge < -0.3 is 10.0 Å². The van der Waals surface area contributed by atoms with Crippen molar-refractivity contribution in [1.82, 2.24) is 0 Å². The number of fused-ring (bicyclic) bond motifs is 2. The maximum atomic E-state index is 10.3. The molecule has 3 fully saturated rings. The predicted octanol–water partition coefficient (Wildman–Crippen LogP) is 0.605. The first-order valence-corrected chi connectivity index (χ1v) is 6.89. The molecule has 0 unspecified atom stereocenters. The van der Waals surface area contributed by atoms with E-state index in [-0.39, 0.29) is 6.10 Å². The summed E-state index contributed by atoms with van der Waals surface area (Å²) in [6.07, 6.45) is 9.52. The Morgan fingerprint density at radius 2 is 1.67 bits per heavy atom. The van der Waals surface area contributed by atoms with Crippen molar-refractivity contribution in [1.29, 1.82) is 0 Å². The molecule has 0 radical (unpaired) electrons. The van der Waals surface area contributed by atoms with Crippen molar-refractivity contribution in [3.05, 3.63) is 0 Å². The molecule has 2 aliphatic carbocycles. The fraction of sp³-hybridized carbons (Fsp3) is 1.00. The van der Waals surface area contributed by atoms with E-state index in [0.717, 1.165) is 6.04 Å². The Kier molecular flexibility index (Phi) is 2.73. The molecule has 2 N–H and O–H groups in total. The lowest BCUT2D eigenvalue weighted by Crippen LogP contribution is -3.15. The fourth-order valence-electron chi connectivity index (χ4n) is 4.38. The lowest BCUT2D eigenvalue weighted by Gasteiger charge is -2.45. The van der Waals surface area contributed by atoms with Crippen LogP contribution in [0.5, 0.6) is 0 Å². The molecule has 0 aromatic rings. The van der Waals surface area contributed by atoms with Crippen LogP contribution in [0.2, 0.25) is 0 Å². The SMILES string of the molecule is O[C@@H]1[C@@H]2CCC[C@H]1[C@H]([NH+]1CCCC1)CC2. The molecule has 3 aliphatic rings. The van der Waals surface area contributed by atoms with E-state index in [4.69, 9.17) is 0 Å². The molecule has 2 bridgehead atoms. The van der Waals surface area contributed by atoms with E-state index in [2.05, 4.69) is 0 Å². The number of aliphatic hydroxyl groups is 1. The molecule has 86 valence electrons. The van der Waals surface area contributed by atoms with Crippen LogP contribution in [0.1, 0.15) is 44.9 Å². The van der Waals surface area contributed by atoms with Crippen molar-refractivity contribution in [2.24, 2.45) is 11.8 Å². The predicted molar refractivity (Wildman–Crippen MR) is 59.8 cm³/mol. The van der Waals surface area contributed by atoms with Crippen LogP contribution in [0, 0.1) is 11.8 Å². The molecule has 1 aliphatic heterocycles. The summed E-state index contributed by atoms with van der Waals surface area (Å²) in [5.74, 6) is 1.30. The first-order valence-electron chi connectivity index (χ1n) is 6.89. The number of rotatable bonds is 1. The maximum Gasteiger partial charge on any atom is 0.0928 e. The van der Waals surface area contributed by atoms with E-state index < -0.39 is 0 Å². The molecule has 2 heteroatoms. The Morgan fingerprint density at radius 1 is 0.867 bits per heavy atom. The molecule has 2 saturated carbocycles. The third-order valence-electron chi connectivity index (χ3n) is 5.17. The van der Waals surface area contributed by atoms with Gasteiger partial charge in [-0.2, -0.15) is 0 Å². The zero-order valence-corrected chi connectivity index (χ0v) is 9.62. The second kappa shape index (κ2) is 4.06. The second-order valence-electron chi connectivity index (χ2n) is 5.89. The highest BCUT2D eigenvalue weighted by Crippen LogP contribution is 2.39. The van der Waals surface area contributed by atoms with Crippen LogP contribution >= 0.6 is 0 Å². The van der Waals surface area contributed by atoms with Crippen LogP contribution in [0.15, 0.2) is 0 Å². The quantitative estimate of drug-likeness (QED) is 0.651. The van der Waals surface area contributed by atoms with E-state index in [0.29, 0.717) is 11.8 Å². The van der Waals surface area contributed by atoms with E-state index in [9.17, 15) is 5.11 Å². The number of nitrogens with one attached hydrogen (secondary N) is 1. The zero-order chi connectivity index (χ0) is 10.3. The molecule has 0 amide bonds. The lowest BCUT2D eigenvalue weighted by atomic mass is 9.67. The highest BCUT2D eigenvalue weighted by molar-refractivity contribution is 4.91. The van der Waals surface area contributed by atoms with Crippen LogP contribution in [0.25, 0.3) is 0 Å². The van der Waals surface area contributed by atoms with Crippen LogP contribution in [-0.4, -0.2) is 30.3 Å². The van der Waals surface area contributed by atoms with Gasteiger partial charge in [0.1, 0.15) is 0 Å². The molecule has 0 aromatic carbocycles. The van der Waals surface area contributed by atoms with Crippen molar-refractivity contribution in [3.63, 3.8) is 0 Å². The van der Waals surface area contributed by atoms with Gasteiger partial charge in [0.25, 0.3) is 0 Å². The molecule has 4 atom stereocenters. The summed E-state index contributed by atoms with van der Waals surface area (Å²) in [6, 6.07) is 0.805. The topological polar surface area (TPSA) is 24.7 Å². The summed E-state index contributed by atoms with van der Waals surface area (Å²) < 4.78 is 0. The van der Waals surface area contributed by atoms with Crippen LogP contribution in [-0.2, 0) is 0 Å². The van der Waals surface area contributed by atoms with Crippen LogP contribution < -0.4 is 4.90 Å². The van der Waals surface area contributed by atoms with Gasteiger partial charge in [-0.25, -0.2) is 0 Å². The van der Waals surface area contributed by atoms with Gasteiger partial charge in [0, 0.05) is 25.2 Å². The molecule has 15 heavy (non-hydrogen) atoms. The van der Waals surface area contributed by atoms with Crippen molar-refractivity contribution < 1.29 is 10.0 Å². The van der Waals surface area contributed by atoms with Gasteiger partial charge >= 0.3 is 0 Å². The van der Waals surface area contributed by atoms with Crippen molar-refractivity contribution in [3.8, 4) is 0 Å². The van der Waals surface area contributed by atoms with E-state index in [1.54, 1.807) is 0 Å². The number of hydrogen-bond acceptors (Lipinski definition) is 1. The zero-order valence-electron chi connectivity index (χ0n) is 9.62. The fourth-order valence-corrected chi connectivity index (χ4v) is 4.38. The van der Waals surface area contributed by atoms with E-state index in [1.807, 2.05) is 4.90 Å². The van der Waals surface area contributed by atoms with Gasteiger partial charge in [0.05, 0.1) is 25.2 Å². The molecule has 1 saturated heterocycles. The van der Waals surface area contributed by atoms with Gasteiger partial charge in [0.2, 0.25) is 0 Å². The van der Waals surface area contributed by atoms with Gasteiger partial charge in [-0.3, -0.25) is 0 Å². The third-order valence-corrected chi connectivity index (χ3v) is 5.17. The molecule has 1 heterocycles. The second-order valence-corrected chi connectivity index (χ2v) is 5.89. The first-order chi connectivity index (χ1) is 7.36. The Labute approximate surface area is 92.7 Å². The number of hydrogen-bond donors (Lipinski definition) is 2. The summed E-state index contributed by atoms with van der Waals surface area (Å²) in [7, 11) is 0. The first kappa shape index (κ1) is 10.1. The van der Waals surface area contributed by atoms with Gasteiger partial charge in [-0.15, -0.1) is 0 Å². The lowest BCUT2D eigenvalue weighted by molar-refractivity contribution is -0.920. The summed E-state index contributed by atoms with van der Waals surface area (Å²) in [4.78, 5) is 1.82. The summed E-state index contributed by atoms with van der Waals surface area (Å²) in [5.41, 5.74) is 0. The maximum absolute atomic E-state index is 10.3. The van der Waals surface area contributed by atoms with Crippen LogP contribution in [0.4, 0.5) is 0 Å². The van der Waals surface area contributed by atoms with Gasteiger partial charge in [-0.1, -0.05) is 6.42 Å². The summed E-state index contributed by atoms with van der Waals surface area (Å²) >= 11 is 0. The Hall–Kier alpha value is -0.0800. The largest absolute Gasteiger partial charge is 0.392 e. The van der Waals surface area contributed by atoms with Crippen molar-refractivity contribution >= 4 is 0 Å². The minimum Gasteiger partial charge on any atom is -0.392 e. The number of aliphatic hydroxyl groups excluding tert-OH is 1. The minimum atomic E-state index is 0.0469. The molecule has 0 aromatic heterocycles. The number of likely N-dealkylation sites (tertiary alicyclic amines) is 1. The standard InChI is InChI=1S/C13H23NO/c15-13-10-4-3-5-11(13)12(7-6-10)14-8-1-2-9-14/h10-13,15H,1-9H2/p+1/t10-,11+,12-,13-/m1/s1. The van der Waals surface area contributed by atoms with E-state index >= 15 is 0 Å². The monoisotopic (exact) mass is 210 g/mol. The third kappa shape index (κ3) is 1.72. The molecule has 3 rings (SSSR count). The van der Waals surface area contributed by atoms with Crippen LogP contribution in [0.3, 0.4) is 0 Å². The summed E-state index contributed by atoms with van der Waals surface area (Å²) in [5, 5.41) is 10.3. The molecular weight excluding hydrogens is 186 g/mol. The number of quaternary nitrogens is 1. The molecule has 0 spiro atoms. The Morgan fingerprint density at radius 3 is 2.47 bits per heavy atom. The minimum absolute atomic E-state index is 0.0469. The highest BCUT2D eigenvalue weighted by Gasteiger charge is 2.45. The van der Waals surface area contributed by atoms with E-state index in [1.165, 1.54) is 58.0 Å². The Balaban J connectivity index is 1.73. The molecular formula is C13H24NO+. The average Bonchev–Trinajstić information content (AvgIpc) is 2.70. The average molecular weight is 210 g/mol. The normalized spacial score (nSPS) is 47.0. The summed E-state index contributed by atoms with van der Waals surface area (Å²) in [6.45, 7) is 2.75. The smallest absolute Gasteiger partial charge is 0.0928 e. The highest BCUT2D eigenvalue weighted by atomic mass is 16.3. The Bertz CT molecular complexity index is 225. The van der Waals surface area contributed by atoms with Crippen molar-refractivity contribution in [2.75, 3.05) is 13.1 Å². The molecule has 2 nitrogen and oxygen atoms in total.